The van der Waals surface area contributed by atoms with Gasteiger partial charge in [0.2, 0.25) is 0 Å². The van der Waals surface area contributed by atoms with Gasteiger partial charge < -0.3 is 0 Å². The Morgan fingerprint density at radius 3 is 2.60 bits per heavy atom. The molecule has 2 rings (SSSR count). The van der Waals surface area contributed by atoms with Gasteiger partial charge in [0.1, 0.15) is 4.21 Å². The van der Waals surface area contributed by atoms with E-state index in [-0.39, 0.29) is 4.21 Å². The highest BCUT2D eigenvalue weighted by atomic mass is 35.5. The monoisotopic (exact) mass is 326 g/mol. The number of sulfonamides is 1. The SMILES string of the molecule is Cc1cc(S(=O)(=O)N(C)c2cccc(C#N)c2)sc1Cl. The van der Waals surface area contributed by atoms with E-state index in [4.69, 9.17) is 16.9 Å². The lowest BCUT2D eigenvalue weighted by molar-refractivity contribution is 0.596. The van der Waals surface area contributed by atoms with Gasteiger partial charge in [-0.2, -0.15) is 5.26 Å². The number of nitriles is 1. The van der Waals surface area contributed by atoms with Gasteiger partial charge in [-0.25, -0.2) is 8.42 Å². The normalized spacial score (nSPS) is 11.1. The smallest absolute Gasteiger partial charge is 0.269 e. The third-order valence-electron chi connectivity index (χ3n) is 2.79. The van der Waals surface area contributed by atoms with Crippen molar-refractivity contribution in [2.24, 2.45) is 0 Å². The van der Waals surface area contributed by atoms with Crippen LogP contribution in [0.25, 0.3) is 0 Å². The minimum atomic E-state index is -3.66. The summed E-state index contributed by atoms with van der Waals surface area (Å²) in [6, 6.07) is 9.97. The first kappa shape index (κ1) is 14.9. The van der Waals surface area contributed by atoms with E-state index in [0.29, 0.717) is 15.6 Å². The number of benzene rings is 1. The zero-order valence-electron chi connectivity index (χ0n) is 10.8. The molecule has 0 fully saturated rings. The lowest BCUT2D eigenvalue weighted by Gasteiger charge is -2.18. The van der Waals surface area contributed by atoms with E-state index in [1.807, 2.05) is 6.07 Å². The minimum Gasteiger partial charge on any atom is -0.269 e. The van der Waals surface area contributed by atoms with Crippen molar-refractivity contribution in [3.05, 3.63) is 45.8 Å². The van der Waals surface area contributed by atoms with Crippen LogP contribution in [0.2, 0.25) is 4.34 Å². The molecule has 0 aliphatic rings. The lowest BCUT2D eigenvalue weighted by atomic mass is 10.2. The van der Waals surface area contributed by atoms with Crippen molar-refractivity contribution in [1.82, 2.24) is 0 Å². The van der Waals surface area contributed by atoms with Gasteiger partial charge in [-0.3, -0.25) is 4.31 Å². The summed E-state index contributed by atoms with van der Waals surface area (Å²) in [4.78, 5) is 0. The first-order valence-corrected chi connectivity index (χ1v) is 8.24. The van der Waals surface area contributed by atoms with E-state index >= 15 is 0 Å². The Balaban J connectivity index is 2.46. The summed E-state index contributed by atoms with van der Waals surface area (Å²) in [6.45, 7) is 1.76. The topological polar surface area (TPSA) is 61.2 Å². The Bertz CT molecular complexity index is 771. The number of anilines is 1. The van der Waals surface area contributed by atoms with Crippen LogP contribution in [0.4, 0.5) is 5.69 Å². The van der Waals surface area contributed by atoms with Gasteiger partial charge >= 0.3 is 0 Å². The number of nitrogens with zero attached hydrogens (tertiary/aromatic N) is 2. The molecule has 0 spiro atoms. The van der Waals surface area contributed by atoms with Gasteiger partial charge in [0.05, 0.1) is 21.7 Å². The maximum atomic E-state index is 12.5. The fourth-order valence-electron chi connectivity index (χ4n) is 1.60. The molecule has 20 heavy (non-hydrogen) atoms. The lowest BCUT2D eigenvalue weighted by Crippen LogP contribution is -2.25. The van der Waals surface area contributed by atoms with Crippen LogP contribution >= 0.6 is 22.9 Å². The predicted octanol–water partition coefficient (Wildman–Crippen LogP) is 3.41. The van der Waals surface area contributed by atoms with Gasteiger partial charge in [0, 0.05) is 7.05 Å². The molecule has 7 heteroatoms. The van der Waals surface area contributed by atoms with Crippen molar-refractivity contribution < 1.29 is 8.42 Å². The molecule has 4 nitrogen and oxygen atoms in total. The molecule has 104 valence electrons. The summed E-state index contributed by atoms with van der Waals surface area (Å²) in [6.07, 6.45) is 0. The summed E-state index contributed by atoms with van der Waals surface area (Å²) in [7, 11) is -2.21. The van der Waals surface area contributed by atoms with E-state index in [2.05, 4.69) is 0 Å². The van der Waals surface area contributed by atoms with Gasteiger partial charge in [-0.05, 0) is 36.8 Å². The number of aryl methyl sites for hydroxylation is 1. The highest BCUT2D eigenvalue weighted by Gasteiger charge is 2.24. The molecule has 0 N–H and O–H groups in total. The van der Waals surface area contributed by atoms with E-state index in [0.717, 1.165) is 21.2 Å². The average Bonchev–Trinajstić information content (AvgIpc) is 2.78. The molecule has 0 unspecified atom stereocenters. The minimum absolute atomic E-state index is 0.185. The van der Waals surface area contributed by atoms with Crippen molar-refractivity contribution in [2.45, 2.75) is 11.1 Å². The summed E-state index contributed by atoms with van der Waals surface area (Å²) in [5, 5.41) is 8.87. The zero-order valence-corrected chi connectivity index (χ0v) is 13.2. The molecule has 1 aromatic carbocycles. The maximum absolute atomic E-state index is 12.5. The maximum Gasteiger partial charge on any atom is 0.273 e. The second-order valence-corrected chi connectivity index (χ2v) is 8.01. The molecule has 0 saturated carbocycles. The van der Waals surface area contributed by atoms with Crippen molar-refractivity contribution in [3.8, 4) is 6.07 Å². The number of thiophene rings is 1. The van der Waals surface area contributed by atoms with Crippen LogP contribution in [0.15, 0.2) is 34.5 Å². The molecule has 0 atom stereocenters. The largest absolute Gasteiger partial charge is 0.273 e. The number of halogens is 1. The highest BCUT2D eigenvalue weighted by molar-refractivity contribution is 7.94. The van der Waals surface area contributed by atoms with E-state index < -0.39 is 10.0 Å². The molecule has 0 amide bonds. The van der Waals surface area contributed by atoms with Gasteiger partial charge in [0.25, 0.3) is 10.0 Å². The fraction of sp³-hybridized carbons (Fsp3) is 0.154. The average molecular weight is 327 g/mol. The van der Waals surface area contributed by atoms with Crippen LogP contribution in [0.3, 0.4) is 0 Å². The second-order valence-electron chi connectivity index (χ2n) is 4.16. The molecule has 0 radical (unpaired) electrons. The summed E-state index contributed by atoms with van der Waals surface area (Å²) in [5.74, 6) is 0. The van der Waals surface area contributed by atoms with Crippen LogP contribution in [-0.4, -0.2) is 15.5 Å². The van der Waals surface area contributed by atoms with Crippen molar-refractivity contribution in [1.29, 1.82) is 5.26 Å². The van der Waals surface area contributed by atoms with E-state index in [9.17, 15) is 8.42 Å². The van der Waals surface area contributed by atoms with Crippen LogP contribution in [0, 0.1) is 18.3 Å². The van der Waals surface area contributed by atoms with Crippen molar-refractivity contribution in [3.63, 3.8) is 0 Å². The Hall–Kier alpha value is -1.55. The number of hydrogen-bond donors (Lipinski definition) is 0. The van der Waals surface area contributed by atoms with Crippen LogP contribution in [0.1, 0.15) is 11.1 Å². The molecule has 0 saturated heterocycles. The number of hydrogen-bond acceptors (Lipinski definition) is 4. The summed E-state index contributed by atoms with van der Waals surface area (Å²) >= 11 is 6.95. The van der Waals surface area contributed by atoms with Crippen LogP contribution in [0.5, 0.6) is 0 Å². The van der Waals surface area contributed by atoms with Crippen LogP contribution in [-0.2, 0) is 10.0 Å². The van der Waals surface area contributed by atoms with E-state index in [1.54, 1.807) is 31.2 Å². The predicted molar refractivity (Wildman–Crippen MR) is 80.8 cm³/mol. The molecule has 0 bridgehead atoms. The van der Waals surface area contributed by atoms with Crippen molar-refractivity contribution >= 4 is 38.6 Å². The molecule has 1 aromatic heterocycles. The quantitative estimate of drug-likeness (QED) is 0.868. The third-order valence-corrected chi connectivity index (χ3v) is 6.58. The standard InChI is InChI=1S/C13H11ClN2O2S2/c1-9-6-12(19-13(9)14)20(17,18)16(2)11-5-3-4-10(7-11)8-15/h3-7H,1-2H3. The van der Waals surface area contributed by atoms with Gasteiger partial charge in [-0.1, -0.05) is 17.7 Å². The van der Waals surface area contributed by atoms with Gasteiger partial charge in [0.15, 0.2) is 0 Å². The molecule has 0 aliphatic carbocycles. The molecule has 1 heterocycles. The molecule has 0 aliphatic heterocycles. The molecule has 2 aromatic rings. The van der Waals surface area contributed by atoms with E-state index in [1.165, 1.54) is 13.1 Å². The third kappa shape index (κ3) is 2.66. The van der Waals surface area contributed by atoms with Crippen LogP contribution < -0.4 is 4.31 Å². The first-order chi connectivity index (χ1) is 9.36. The molecular weight excluding hydrogens is 316 g/mol. The number of rotatable bonds is 3. The summed E-state index contributed by atoms with van der Waals surface area (Å²) in [5.41, 5.74) is 1.57. The highest BCUT2D eigenvalue weighted by Crippen LogP contribution is 2.33. The summed E-state index contributed by atoms with van der Waals surface area (Å²) < 4.78 is 26.8. The van der Waals surface area contributed by atoms with Gasteiger partial charge in [-0.15, -0.1) is 11.3 Å². The zero-order chi connectivity index (χ0) is 14.9. The first-order valence-electron chi connectivity index (χ1n) is 5.61. The van der Waals surface area contributed by atoms with Crippen molar-refractivity contribution in [2.75, 3.05) is 11.4 Å². The molecular formula is C13H11ClN2O2S2. The Labute approximate surface area is 126 Å². The Morgan fingerprint density at radius 2 is 2.05 bits per heavy atom. The fourth-order valence-corrected chi connectivity index (χ4v) is 4.67. The Morgan fingerprint density at radius 1 is 1.35 bits per heavy atom. The second kappa shape index (κ2) is 5.44. The Kier molecular flexibility index (Phi) is 4.04.